The summed E-state index contributed by atoms with van der Waals surface area (Å²) in [4.78, 5) is 29.5. The predicted molar refractivity (Wildman–Crippen MR) is 168 cm³/mol. The Morgan fingerprint density at radius 1 is 0.795 bits per heavy atom. The smallest absolute Gasteiger partial charge is 0.264 e. The van der Waals surface area contributed by atoms with Crippen LogP contribution in [-0.4, -0.2) is 57.5 Å². The number of fused-ring (bicyclic) bond motifs is 1. The van der Waals surface area contributed by atoms with Crippen LogP contribution < -0.4 is 19.1 Å². The van der Waals surface area contributed by atoms with E-state index in [1.54, 1.807) is 36.4 Å². The van der Waals surface area contributed by atoms with Gasteiger partial charge < -0.3 is 19.7 Å². The van der Waals surface area contributed by atoms with Gasteiger partial charge in [0.05, 0.1) is 10.6 Å². The van der Waals surface area contributed by atoms with Crippen molar-refractivity contribution in [2.75, 3.05) is 30.6 Å². The van der Waals surface area contributed by atoms with Crippen LogP contribution in [-0.2, 0) is 32.6 Å². The molecule has 228 valence electrons. The van der Waals surface area contributed by atoms with Gasteiger partial charge in [-0.3, -0.25) is 13.9 Å². The topological polar surface area (TPSA) is 105 Å². The van der Waals surface area contributed by atoms with Gasteiger partial charge in [-0.25, -0.2) is 8.42 Å². The van der Waals surface area contributed by atoms with Crippen LogP contribution in [0.15, 0.2) is 114 Å². The summed E-state index contributed by atoms with van der Waals surface area (Å²) in [6, 6.07) is 30.6. The predicted octanol–water partition coefficient (Wildman–Crippen LogP) is 4.43. The summed E-state index contributed by atoms with van der Waals surface area (Å²) in [6.45, 7) is 2.45. The first-order chi connectivity index (χ1) is 21.4. The number of carbonyl (C=O) groups is 2. The van der Waals surface area contributed by atoms with Gasteiger partial charge in [0.15, 0.2) is 11.5 Å². The van der Waals surface area contributed by atoms with Crippen LogP contribution in [0, 0.1) is 0 Å². The molecule has 0 saturated heterocycles. The largest absolute Gasteiger partial charge is 0.486 e. The maximum Gasteiger partial charge on any atom is 0.264 e. The lowest BCUT2D eigenvalue weighted by molar-refractivity contribution is -0.140. The number of benzene rings is 4. The van der Waals surface area contributed by atoms with Crippen LogP contribution >= 0.6 is 0 Å². The number of amides is 2. The Hall–Kier alpha value is -4.83. The van der Waals surface area contributed by atoms with Gasteiger partial charge in [0, 0.05) is 25.6 Å². The molecule has 0 saturated carbocycles. The molecule has 9 nitrogen and oxygen atoms in total. The van der Waals surface area contributed by atoms with Crippen molar-refractivity contribution in [3.63, 3.8) is 0 Å². The summed E-state index contributed by atoms with van der Waals surface area (Å²) in [6.07, 6.45) is 0.251. The van der Waals surface area contributed by atoms with Gasteiger partial charge in [0.25, 0.3) is 10.0 Å². The Kier molecular flexibility index (Phi) is 9.81. The van der Waals surface area contributed by atoms with Crippen LogP contribution in [0.4, 0.5) is 5.69 Å². The van der Waals surface area contributed by atoms with Crippen molar-refractivity contribution in [2.45, 2.75) is 30.8 Å². The minimum Gasteiger partial charge on any atom is -0.486 e. The minimum atomic E-state index is -4.21. The summed E-state index contributed by atoms with van der Waals surface area (Å²) in [5.41, 5.74) is 1.92. The van der Waals surface area contributed by atoms with E-state index in [0.717, 1.165) is 15.4 Å². The number of anilines is 1. The molecule has 10 heteroatoms. The molecular weight excluding hydrogens is 578 g/mol. The fraction of sp³-hybridized carbons (Fsp3) is 0.235. The first-order valence-corrected chi connectivity index (χ1v) is 15.9. The number of rotatable bonds is 12. The van der Waals surface area contributed by atoms with E-state index in [2.05, 4.69) is 5.32 Å². The highest BCUT2D eigenvalue weighted by atomic mass is 32.2. The van der Waals surface area contributed by atoms with Crippen LogP contribution in [0.1, 0.15) is 18.1 Å². The van der Waals surface area contributed by atoms with Crippen molar-refractivity contribution in [3.8, 4) is 11.5 Å². The summed E-state index contributed by atoms with van der Waals surface area (Å²) in [7, 11) is -4.21. The van der Waals surface area contributed by atoms with Crippen molar-refractivity contribution in [1.82, 2.24) is 10.2 Å². The Morgan fingerprint density at radius 2 is 1.39 bits per heavy atom. The van der Waals surface area contributed by atoms with Crippen LogP contribution in [0.25, 0.3) is 0 Å². The lowest BCUT2D eigenvalue weighted by Crippen LogP contribution is -2.53. The van der Waals surface area contributed by atoms with E-state index >= 15 is 0 Å². The van der Waals surface area contributed by atoms with E-state index in [-0.39, 0.29) is 29.5 Å². The van der Waals surface area contributed by atoms with Gasteiger partial charge in [-0.05, 0) is 42.3 Å². The SMILES string of the molecule is CCNC(=O)[C@H](Cc1ccccc1)N(Cc1ccccc1)C(=O)CN(c1ccc2c(c1)OCCO2)S(=O)(=O)c1ccccc1. The number of carbonyl (C=O) groups excluding carboxylic acids is 2. The van der Waals surface area contributed by atoms with E-state index in [9.17, 15) is 18.0 Å². The highest BCUT2D eigenvalue weighted by Gasteiger charge is 2.35. The van der Waals surface area contributed by atoms with Gasteiger partial charge in [0.2, 0.25) is 11.8 Å². The molecule has 0 aromatic heterocycles. The Bertz CT molecular complexity index is 1670. The summed E-state index contributed by atoms with van der Waals surface area (Å²) in [5.74, 6) is 0.0287. The van der Waals surface area contributed by atoms with Crippen molar-refractivity contribution in [2.24, 2.45) is 0 Å². The van der Waals surface area contributed by atoms with E-state index < -0.39 is 28.5 Å². The number of hydrogen-bond acceptors (Lipinski definition) is 6. The molecule has 1 atom stereocenters. The molecule has 44 heavy (non-hydrogen) atoms. The Balaban J connectivity index is 1.57. The minimum absolute atomic E-state index is 0.0295. The molecule has 1 aliphatic rings. The zero-order chi connectivity index (χ0) is 30.9. The molecule has 4 aromatic rings. The first kappa shape index (κ1) is 30.6. The average molecular weight is 614 g/mol. The lowest BCUT2D eigenvalue weighted by Gasteiger charge is -2.34. The summed E-state index contributed by atoms with van der Waals surface area (Å²) >= 11 is 0. The molecule has 1 heterocycles. The lowest BCUT2D eigenvalue weighted by atomic mass is 10.0. The highest BCUT2D eigenvalue weighted by Crippen LogP contribution is 2.36. The molecule has 0 spiro atoms. The number of nitrogens with zero attached hydrogens (tertiary/aromatic N) is 2. The highest BCUT2D eigenvalue weighted by molar-refractivity contribution is 7.92. The third-order valence-electron chi connectivity index (χ3n) is 7.24. The monoisotopic (exact) mass is 613 g/mol. The normalized spacial score (nSPS) is 13.0. The molecule has 0 radical (unpaired) electrons. The quantitative estimate of drug-likeness (QED) is 0.254. The molecule has 5 rings (SSSR count). The Morgan fingerprint density at radius 3 is 2.02 bits per heavy atom. The molecule has 2 amide bonds. The number of nitrogens with one attached hydrogen (secondary N) is 1. The van der Waals surface area contributed by atoms with Gasteiger partial charge >= 0.3 is 0 Å². The average Bonchev–Trinajstić information content (AvgIpc) is 3.06. The van der Waals surface area contributed by atoms with E-state index in [1.807, 2.05) is 67.6 Å². The van der Waals surface area contributed by atoms with Crippen molar-refractivity contribution in [1.29, 1.82) is 0 Å². The standard InChI is InChI=1S/C34H35N3O6S/c1-2-35-34(39)30(22-26-12-6-3-7-13-26)36(24-27-14-8-4-9-15-27)33(38)25-37(44(40,41)29-16-10-5-11-17-29)28-18-19-31-32(23-28)43-21-20-42-31/h3-19,23,30H,2,20-22,24-25H2,1H3,(H,35,39)/t30-/m0/s1. The van der Waals surface area contributed by atoms with Gasteiger partial charge in [-0.2, -0.15) is 0 Å². The third kappa shape index (κ3) is 7.20. The molecule has 0 unspecified atom stereocenters. The number of sulfonamides is 1. The van der Waals surface area contributed by atoms with Crippen LogP contribution in [0.3, 0.4) is 0 Å². The van der Waals surface area contributed by atoms with Crippen molar-refractivity contribution < 1.29 is 27.5 Å². The fourth-order valence-electron chi connectivity index (χ4n) is 5.06. The van der Waals surface area contributed by atoms with Crippen LogP contribution in [0.2, 0.25) is 0 Å². The van der Waals surface area contributed by atoms with E-state index in [4.69, 9.17) is 9.47 Å². The van der Waals surface area contributed by atoms with Crippen LogP contribution in [0.5, 0.6) is 11.5 Å². The van der Waals surface area contributed by atoms with Crippen molar-refractivity contribution >= 4 is 27.5 Å². The molecule has 0 aliphatic carbocycles. The maximum atomic E-state index is 14.4. The van der Waals surface area contributed by atoms with Gasteiger partial charge in [0.1, 0.15) is 25.8 Å². The zero-order valence-electron chi connectivity index (χ0n) is 24.5. The zero-order valence-corrected chi connectivity index (χ0v) is 25.3. The third-order valence-corrected chi connectivity index (χ3v) is 9.03. The number of likely N-dealkylation sites (N-methyl/N-ethyl adjacent to an activating group) is 1. The molecule has 0 bridgehead atoms. The molecule has 4 aromatic carbocycles. The molecular formula is C34H35N3O6S. The second-order valence-electron chi connectivity index (χ2n) is 10.3. The molecule has 0 fully saturated rings. The van der Waals surface area contributed by atoms with Gasteiger partial charge in [-0.15, -0.1) is 0 Å². The fourth-order valence-corrected chi connectivity index (χ4v) is 6.49. The summed E-state index contributed by atoms with van der Waals surface area (Å²) in [5, 5.41) is 2.87. The Labute approximate surface area is 258 Å². The molecule has 1 aliphatic heterocycles. The second kappa shape index (κ2) is 14.1. The van der Waals surface area contributed by atoms with E-state index in [1.165, 1.54) is 17.0 Å². The van der Waals surface area contributed by atoms with Crippen molar-refractivity contribution in [3.05, 3.63) is 120 Å². The van der Waals surface area contributed by atoms with E-state index in [0.29, 0.717) is 31.3 Å². The number of ether oxygens (including phenoxy) is 2. The van der Waals surface area contributed by atoms with Gasteiger partial charge in [-0.1, -0.05) is 78.9 Å². The second-order valence-corrected chi connectivity index (χ2v) is 12.1. The maximum absolute atomic E-state index is 14.4. The first-order valence-electron chi connectivity index (χ1n) is 14.5. The summed E-state index contributed by atoms with van der Waals surface area (Å²) < 4.78 is 40.7. The number of hydrogen-bond donors (Lipinski definition) is 1. The molecule has 1 N–H and O–H groups in total.